The summed E-state index contributed by atoms with van der Waals surface area (Å²) >= 11 is 0. The molecule has 0 saturated carbocycles. The van der Waals surface area contributed by atoms with E-state index >= 15 is 0 Å². The van der Waals surface area contributed by atoms with Crippen molar-refractivity contribution in [2.24, 2.45) is 0 Å². The second kappa shape index (κ2) is 8.03. The van der Waals surface area contributed by atoms with Gasteiger partial charge in [-0.3, -0.25) is 0 Å². The number of nitrogens with zero attached hydrogens (tertiary/aromatic N) is 2. The van der Waals surface area contributed by atoms with Crippen LogP contribution in [0.2, 0.25) is 0 Å². The van der Waals surface area contributed by atoms with Crippen molar-refractivity contribution >= 4 is 5.82 Å². The van der Waals surface area contributed by atoms with Crippen LogP contribution in [0.1, 0.15) is 25.8 Å². The summed E-state index contributed by atoms with van der Waals surface area (Å²) in [5, 5.41) is 12.4. The molecule has 2 N–H and O–H groups in total. The number of hydrogen-bond acceptors (Lipinski definition) is 4. The highest BCUT2D eigenvalue weighted by atomic mass is 16.3. The molecule has 0 aliphatic carbocycles. The summed E-state index contributed by atoms with van der Waals surface area (Å²) in [7, 11) is 0. The molecule has 4 heteroatoms. The Hall–Kier alpha value is -1.13. The van der Waals surface area contributed by atoms with Crippen LogP contribution in [0.25, 0.3) is 0 Å². The minimum Gasteiger partial charge on any atom is -0.395 e. The molecule has 0 amide bonds. The molecule has 1 heterocycles. The maximum Gasteiger partial charge on any atom is 0.133 e. The molecule has 4 nitrogen and oxygen atoms in total. The monoisotopic (exact) mass is 237 g/mol. The van der Waals surface area contributed by atoms with E-state index in [0.717, 1.165) is 31.9 Å². The van der Waals surface area contributed by atoms with Gasteiger partial charge in [-0.1, -0.05) is 13.0 Å². The zero-order valence-electron chi connectivity index (χ0n) is 10.8. The number of aliphatic hydroxyl groups is 1. The zero-order chi connectivity index (χ0) is 12.5. The molecule has 0 radical (unpaired) electrons. The number of pyridine rings is 1. The third-order valence-corrected chi connectivity index (χ3v) is 2.66. The van der Waals surface area contributed by atoms with Crippen molar-refractivity contribution in [2.45, 2.75) is 26.8 Å². The third kappa shape index (κ3) is 4.32. The largest absolute Gasteiger partial charge is 0.395 e. The lowest BCUT2D eigenvalue weighted by Gasteiger charge is -2.23. The van der Waals surface area contributed by atoms with Gasteiger partial charge in [0.25, 0.3) is 0 Å². The molecule has 0 saturated heterocycles. The molecule has 1 aromatic heterocycles. The highest BCUT2D eigenvalue weighted by Crippen LogP contribution is 2.16. The van der Waals surface area contributed by atoms with Crippen molar-refractivity contribution in [3.63, 3.8) is 0 Å². The van der Waals surface area contributed by atoms with Crippen LogP contribution in [0.15, 0.2) is 18.3 Å². The summed E-state index contributed by atoms with van der Waals surface area (Å²) in [6.07, 6.45) is 2.93. The van der Waals surface area contributed by atoms with E-state index in [1.807, 2.05) is 6.07 Å². The first-order valence-corrected chi connectivity index (χ1v) is 6.33. The fourth-order valence-corrected chi connectivity index (χ4v) is 1.79. The van der Waals surface area contributed by atoms with Gasteiger partial charge in [0.15, 0.2) is 0 Å². The van der Waals surface area contributed by atoms with Crippen LogP contribution in [0.5, 0.6) is 0 Å². The maximum absolute atomic E-state index is 9.05. The van der Waals surface area contributed by atoms with Crippen molar-refractivity contribution in [2.75, 3.05) is 31.1 Å². The molecule has 0 fully saturated rings. The fraction of sp³-hybridized carbons (Fsp3) is 0.615. The van der Waals surface area contributed by atoms with Gasteiger partial charge in [-0.05, 0) is 26.0 Å². The standard InChI is InChI=1S/C13H23N3O/c1-3-7-14-11-12-6-5-8-15-13(12)16(4-2)9-10-17/h5-6,8,14,17H,3-4,7,9-11H2,1-2H3. The highest BCUT2D eigenvalue weighted by Gasteiger charge is 2.09. The Morgan fingerprint density at radius 2 is 2.24 bits per heavy atom. The van der Waals surface area contributed by atoms with E-state index < -0.39 is 0 Å². The predicted molar refractivity (Wildman–Crippen MR) is 71.2 cm³/mol. The van der Waals surface area contributed by atoms with E-state index in [0.29, 0.717) is 6.54 Å². The average molecular weight is 237 g/mol. The van der Waals surface area contributed by atoms with Gasteiger partial charge in [-0.25, -0.2) is 4.98 Å². The van der Waals surface area contributed by atoms with Gasteiger partial charge < -0.3 is 15.3 Å². The van der Waals surface area contributed by atoms with Gasteiger partial charge in [-0.2, -0.15) is 0 Å². The van der Waals surface area contributed by atoms with Gasteiger partial charge >= 0.3 is 0 Å². The van der Waals surface area contributed by atoms with Crippen molar-refractivity contribution < 1.29 is 5.11 Å². The van der Waals surface area contributed by atoms with E-state index in [4.69, 9.17) is 5.11 Å². The Morgan fingerprint density at radius 3 is 2.88 bits per heavy atom. The molecular formula is C13H23N3O. The number of rotatable bonds is 8. The molecule has 96 valence electrons. The molecule has 0 aliphatic heterocycles. The fourth-order valence-electron chi connectivity index (χ4n) is 1.79. The summed E-state index contributed by atoms with van der Waals surface area (Å²) in [4.78, 5) is 6.52. The molecule has 0 atom stereocenters. The molecule has 1 aromatic rings. The summed E-state index contributed by atoms with van der Waals surface area (Å²) in [5.74, 6) is 0.979. The summed E-state index contributed by atoms with van der Waals surface area (Å²) in [6, 6.07) is 4.05. The first-order chi connectivity index (χ1) is 8.33. The smallest absolute Gasteiger partial charge is 0.133 e. The Morgan fingerprint density at radius 1 is 1.41 bits per heavy atom. The topological polar surface area (TPSA) is 48.4 Å². The van der Waals surface area contributed by atoms with Gasteiger partial charge in [0.1, 0.15) is 5.82 Å². The second-order valence-electron chi connectivity index (χ2n) is 3.97. The van der Waals surface area contributed by atoms with Gasteiger partial charge in [0.2, 0.25) is 0 Å². The lowest BCUT2D eigenvalue weighted by Crippen LogP contribution is -2.29. The van der Waals surface area contributed by atoms with Crippen LogP contribution in [-0.4, -0.2) is 36.3 Å². The SMILES string of the molecule is CCCNCc1cccnc1N(CC)CCO. The number of anilines is 1. The Labute approximate surface area is 104 Å². The molecule has 0 bridgehead atoms. The van der Waals surface area contributed by atoms with E-state index in [1.54, 1.807) is 6.20 Å². The average Bonchev–Trinajstić information content (AvgIpc) is 2.37. The number of aromatic nitrogens is 1. The number of hydrogen-bond donors (Lipinski definition) is 2. The highest BCUT2D eigenvalue weighted by molar-refractivity contribution is 5.46. The van der Waals surface area contributed by atoms with Crippen LogP contribution >= 0.6 is 0 Å². The van der Waals surface area contributed by atoms with Crippen LogP contribution in [0, 0.1) is 0 Å². The molecule has 0 spiro atoms. The molecular weight excluding hydrogens is 214 g/mol. The lowest BCUT2D eigenvalue weighted by molar-refractivity contribution is 0.302. The van der Waals surface area contributed by atoms with Crippen molar-refractivity contribution in [3.05, 3.63) is 23.9 Å². The van der Waals surface area contributed by atoms with Gasteiger partial charge in [-0.15, -0.1) is 0 Å². The minimum absolute atomic E-state index is 0.159. The molecule has 17 heavy (non-hydrogen) atoms. The van der Waals surface area contributed by atoms with E-state index in [-0.39, 0.29) is 6.61 Å². The van der Waals surface area contributed by atoms with E-state index in [1.165, 1.54) is 5.56 Å². The molecule has 0 aliphatic rings. The van der Waals surface area contributed by atoms with Crippen LogP contribution in [0.4, 0.5) is 5.82 Å². The van der Waals surface area contributed by atoms with Crippen LogP contribution in [0.3, 0.4) is 0 Å². The van der Waals surface area contributed by atoms with Crippen LogP contribution in [-0.2, 0) is 6.54 Å². The number of nitrogens with one attached hydrogen (secondary N) is 1. The van der Waals surface area contributed by atoms with E-state index in [2.05, 4.69) is 35.1 Å². The van der Waals surface area contributed by atoms with Crippen molar-refractivity contribution in [1.29, 1.82) is 0 Å². The van der Waals surface area contributed by atoms with Crippen molar-refractivity contribution in [1.82, 2.24) is 10.3 Å². The first-order valence-electron chi connectivity index (χ1n) is 6.33. The zero-order valence-corrected chi connectivity index (χ0v) is 10.8. The third-order valence-electron chi connectivity index (χ3n) is 2.66. The Balaban J connectivity index is 2.74. The van der Waals surface area contributed by atoms with Gasteiger partial charge in [0, 0.05) is 31.4 Å². The summed E-state index contributed by atoms with van der Waals surface area (Å²) in [5.41, 5.74) is 1.19. The van der Waals surface area contributed by atoms with Gasteiger partial charge in [0.05, 0.1) is 6.61 Å². The Bertz CT molecular complexity index is 317. The minimum atomic E-state index is 0.159. The normalized spacial score (nSPS) is 10.5. The second-order valence-corrected chi connectivity index (χ2v) is 3.97. The van der Waals surface area contributed by atoms with Crippen LogP contribution < -0.4 is 10.2 Å². The maximum atomic E-state index is 9.05. The lowest BCUT2D eigenvalue weighted by atomic mass is 10.2. The summed E-state index contributed by atoms with van der Waals surface area (Å²) < 4.78 is 0. The summed E-state index contributed by atoms with van der Waals surface area (Å²) in [6.45, 7) is 7.73. The van der Waals surface area contributed by atoms with Crippen molar-refractivity contribution in [3.8, 4) is 0 Å². The van der Waals surface area contributed by atoms with E-state index in [9.17, 15) is 0 Å². The Kier molecular flexibility index (Phi) is 6.58. The molecule has 0 unspecified atom stereocenters. The first kappa shape index (κ1) is 13.9. The number of aliphatic hydroxyl groups excluding tert-OH is 1. The molecule has 0 aromatic carbocycles. The molecule has 1 rings (SSSR count). The predicted octanol–water partition coefficient (Wildman–Crippen LogP) is 1.40. The number of likely N-dealkylation sites (N-methyl/N-ethyl adjacent to an activating group) is 1. The quantitative estimate of drug-likeness (QED) is 0.671.